The molecule has 0 radical (unpaired) electrons. The van der Waals surface area contributed by atoms with Crippen LogP contribution in [0.5, 0.6) is 0 Å². The molecule has 0 heterocycles. The average molecular weight is 193 g/mol. The molecule has 14 heavy (non-hydrogen) atoms. The standard InChI is InChI=1S/C10H15N3O/c1-4-14-10-7-8(13(2)3)5-6-9(10)12-11/h5,7H,4,6H2,1-3H3. The number of allylic oxidation sites excluding steroid dienone is 3. The van der Waals surface area contributed by atoms with Crippen molar-refractivity contribution in [3.63, 3.8) is 0 Å². The van der Waals surface area contributed by atoms with Gasteiger partial charge in [-0.3, -0.25) is 0 Å². The molecule has 0 N–H and O–H groups in total. The molecule has 0 amide bonds. The third kappa shape index (κ3) is 2.24. The van der Waals surface area contributed by atoms with Gasteiger partial charge in [0.2, 0.25) is 5.76 Å². The minimum Gasteiger partial charge on any atom is -0.487 e. The molecule has 0 aromatic heterocycles. The summed E-state index contributed by atoms with van der Waals surface area (Å²) in [4.78, 5) is 5.19. The zero-order valence-corrected chi connectivity index (χ0v) is 8.82. The van der Waals surface area contributed by atoms with Gasteiger partial charge in [-0.25, -0.2) is 0 Å². The number of hydrogen-bond acceptors (Lipinski definition) is 2. The van der Waals surface area contributed by atoms with Gasteiger partial charge in [-0.05, 0) is 13.0 Å². The van der Waals surface area contributed by atoms with Crippen molar-refractivity contribution < 1.29 is 9.53 Å². The van der Waals surface area contributed by atoms with Crippen LogP contribution in [0.1, 0.15) is 13.3 Å². The smallest absolute Gasteiger partial charge is 0.337 e. The van der Waals surface area contributed by atoms with E-state index in [1.807, 2.05) is 38.1 Å². The Bertz CT molecular complexity index is 322. The highest BCUT2D eigenvalue weighted by Crippen LogP contribution is 2.16. The van der Waals surface area contributed by atoms with E-state index in [4.69, 9.17) is 10.3 Å². The number of likely N-dealkylation sites (N-methyl/N-ethyl adjacent to an activating group) is 1. The molecule has 1 rings (SSSR count). The van der Waals surface area contributed by atoms with E-state index >= 15 is 0 Å². The Balaban J connectivity index is 2.92. The van der Waals surface area contributed by atoms with Crippen molar-refractivity contribution in [2.45, 2.75) is 13.3 Å². The van der Waals surface area contributed by atoms with Crippen LogP contribution in [-0.4, -0.2) is 36.1 Å². The van der Waals surface area contributed by atoms with Gasteiger partial charge in [0.15, 0.2) is 0 Å². The summed E-state index contributed by atoms with van der Waals surface area (Å²) in [7, 11) is 3.93. The predicted octanol–water partition coefficient (Wildman–Crippen LogP) is 1.43. The third-order valence-corrected chi connectivity index (χ3v) is 2.00. The molecule has 1 aliphatic carbocycles. The van der Waals surface area contributed by atoms with Gasteiger partial charge >= 0.3 is 5.71 Å². The number of ether oxygens (including phenoxy) is 1. The van der Waals surface area contributed by atoms with Crippen LogP contribution < -0.4 is 0 Å². The van der Waals surface area contributed by atoms with Crippen LogP contribution in [0.4, 0.5) is 0 Å². The van der Waals surface area contributed by atoms with Crippen molar-refractivity contribution in [3.05, 3.63) is 29.1 Å². The van der Waals surface area contributed by atoms with Crippen LogP contribution in [-0.2, 0) is 4.74 Å². The summed E-state index contributed by atoms with van der Waals surface area (Å²) in [6.07, 6.45) is 4.48. The fourth-order valence-corrected chi connectivity index (χ4v) is 1.26. The lowest BCUT2D eigenvalue weighted by Gasteiger charge is -2.17. The first-order valence-corrected chi connectivity index (χ1v) is 4.62. The molecule has 0 bridgehead atoms. The van der Waals surface area contributed by atoms with Crippen LogP contribution in [0.3, 0.4) is 0 Å². The Hall–Kier alpha value is -1.54. The molecule has 0 aromatic carbocycles. The van der Waals surface area contributed by atoms with E-state index in [2.05, 4.69) is 4.79 Å². The van der Waals surface area contributed by atoms with Gasteiger partial charge < -0.3 is 15.2 Å². The van der Waals surface area contributed by atoms with Crippen LogP contribution >= 0.6 is 0 Å². The quantitative estimate of drug-likeness (QED) is 0.503. The van der Waals surface area contributed by atoms with Crippen LogP contribution in [0, 0.1) is 0 Å². The lowest BCUT2D eigenvalue weighted by molar-refractivity contribution is -0.0119. The molecular weight excluding hydrogens is 178 g/mol. The van der Waals surface area contributed by atoms with E-state index in [9.17, 15) is 0 Å². The Kier molecular flexibility index (Phi) is 3.48. The first kappa shape index (κ1) is 10.5. The van der Waals surface area contributed by atoms with Gasteiger partial charge in [-0.15, -0.1) is 0 Å². The lowest BCUT2D eigenvalue weighted by Crippen LogP contribution is -2.17. The molecule has 0 fully saturated rings. The van der Waals surface area contributed by atoms with E-state index in [-0.39, 0.29) is 0 Å². The summed E-state index contributed by atoms with van der Waals surface area (Å²) in [5, 5.41) is 0. The Morgan fingerprint density at radius 3 is 2.79 bits per heavy atom. The Labute approximate surface area is 84.1 Å². The topological polar surface area (TPSA) is 48.9 Å². The Morgan fingerprint density at radius 2 is 2.29 bits per heavy atom. The lowest BCUT2D eigenvalue weighted by atomic mass is 10.1. The number of rotatable bonds is 3. The van der Waals surface area contributed by atoms with E-state index in [0.717, 1.165) is 5.70 Å². The van der Waals surface area contributed by atoms with Crippen molar-refractivity contribution in [2.75, 3.05) is 20.7 Å². The minimum atomic E-state index is 0.575. The third-order valence-electron chi connectivity index (χ3n) is 2.00. The second-order valence-corrected chi connectivity index (χ2v) is 3.22. The molecular formula is C10H15N3O. The molecule has 0 aromatic rings. The monoisotopic (exact) mass is 193 g/mol. The average Bonchev–Trinajstić information content (AvgIpc) is 2.18. The highest BCUT2D eigenvalue weighted by atomic mass is 16.5. The molecule has 0 saturated heterocycles. The minimum absolute atomic E-state index is 0.575. The van der Waals surface area contributed by atoms with E-state index in [1.165, 1.54) is 0 Å². The molecule has 0 atom stereocenters. The molecule has 0 aliphatic heterocycles. The van der Waals surface area contributed by atoms with Crippen molar-refractivity contribution in [3.8, 4) is 0 Å². The molecule has 4 nitrogen and oxygen atoms in total. The summed E-state index contributed by atoms with van der Waals surface area (Å²) in [6.45, 7) is 2.48. The summed E-state index contributed by atoms with van der Waals surface area (Å²) in [5.74, 6) is 0.654. The van der Waals surface area contributed by atoms with Gasteiger partial charge in [0.05, 0.1) is 13.0 Å². The van der Waals surface area contributed by atoms with Gasteiger partial charge in [0.1, 0.15) is 0 Å². The maximum absolute atomic E-state index is 8.74. The molecule has 0 spiro atoms. The van der Waals surface area contributed by atoms with Crippen molar-refractivity contribution >= 4 is 5.71 Å². The molecule has 0 saturated carbocycles. The molecule has 4 heteroatoms. The fraction of sp³-hybridized carbons (Fsp3) is 0.500. The normalized spacial score (nSPS) is 15.5. The number of nitrogens with zero attached hydrogens (tertiary/aromatic N) is 3. The highest BCUT2D eigenvalue weighted by Gasteiger charge is 2.21. The van der Waals surface area contributed by atoms with Crippen LogP contribution in [0.25, 0.3) is 5.53 Å². The molecule has 0 unspecified atom stereocenters. The summed E-state index contributed by atoms with van der Waals surface area (Å²) in [5.41, 5.74) is 10.4. The summed E-state index contributed by atoms with van der Waals surface area (Å²) in [6, 6.07) is 0. The second kappa shape index (κ2) is 4.63. The van der Waals surface area contributed by atoms with E-state index < -0.39 is 0 Å². The van der Waals surface area contributed by atoms with E-state index in [1.54, 1.807) is 0 Å². The summed E-state index contributed by atoms with van der Waals surface area (Å²) < 4.78 is 5.37. The molecule has 1 aliphatic rings. The van der Waals surface area contributed by atoms with Gasteiger partial charge in [0.25, 0.3) is 0 Å². The van der Waals surface area contributed by atoms with Gasteiger partial charge in [-0.2, -0.15) is 4.79 Å². The Morgan fingerprint density at radius 1 is 1.57 bits per heavy atom. The molecule has 76 valence electrons. The second-order valence-electron chi connectivity index (χ2n) is 3.22. The van der Waals surface area contributed by atoms with E-state index in [0.29, 0.717) is 24.5 Å². The SMILES string of the molecule is CCOC1=CC(N(C)C)=CCC1=[N+]=[N-]. The van der Waals surface area contributed by atoms with Crippen molar-refractivity contribution in [1.82, 2.24) is 4.90 Å². The largest absolute Gasteiger partial charge is 0.487 e. The van der Waals surface area contributed by atoms with Crippen LogP contribution in [0.2, 0.25) is 0 Å². The maximum atomic E-state index is 8.74. The van der Waals surface area contributed by atoms with Crippen LogP contribution in [0.15, 0.2) is 23.6 Å². The zero-order valence-electron chi connectivity index (χ0n) is 8.82. The van der Waals surface area contributed by atoms with Gasteiger partial charge in [-0.1, -0.05) is 0 Å². The van der Waals surface area contributed by atoms with Crippen molar-refractivity contribution in [2.24, 2.45) is 0 Å². The zero-order chi connectivity index (χ0) is 10.6. The fourth-order valence-electron chi connectivity index (χ4n) is 1.26. The first-order chi connectivity index (χ1) is 6.69. The van der Waals surface area contributed by atoms with Gasteiger partial charge in [0, 0.05) is 25.9 Å². The van der Waals surface area contributed by atoms with Crippen molar-refractivity contribution in [1.29, 1.82) is 0 Å². The predicted molar refractivity (Wildman–Crippen MR) is 54.7 cm³/mol. The number of hydrogen-bond donors (Lipinski definition) is 0. The summed E-state index contributed by atoms with van der Waals surface area (Å²) >= 11 is 0. The first-order valence-electron chi connectivity index (χ1n) is 4.62. The maximum Gasteiger partial charge on any atom is 0.337 e. The highest BCUT2D eigenvalue weighted by molar-refractivity contribution is 5.96.